The highest BCUT2D eigenvalue weighted by molar-refractivity contribution is 7.09. The fraction of sp³-hybridized carbons (Fsp3) is 0.706. The first-order valence-electron chi connectivity index (χ1n) is 8.25. The van der Waals surface area contributed by atoms with Crippen LogP contribution in [-0.4, -0.2) is 47.8 Å². The maximum Gasteiger partial charge on any atom is 0.222 e. The smallest absolute Gasteiger partial charge is 0.222 e. The molecule has 0 radical (unpaired) electrons. The lowest BCUT2D eigenvalue weighted by Crippen LogP contribution is -2.62. The highest BCUT2D eigenvalue weighted by Crippen LogP contribution is 2.50. The van der Waals surface area contributed by atoms with Gasteiger partial charge in [0.1, 0.15) is 0 Å². The highest BCUT2D eigenvalue weighted by Gasteiger charge is 2.56. The van der Waals surface area contributed by atoms with Gasteiger partial charge in [0, 0.05) is 42.8 Å². The Bertz CT molecular complexity index is 492. The van der Waals surface area contributed by atoms with Gasteiger partial charge in [0.05, 0.1) is 12.2 Å². The van der Waals surface area contributed by atoms with Gasteiger partial charge in [-0.3, -0.25) is 4.79 Å². The van der Waals surface area contributed by atoms with E-state index in [9.17, 15) is 9.90 Å². The SMILES string of the molecule is CCO[C@H]1C[C@H](O)C12CCN(C(=O)CCc1cccs1)CC2. The number of carbonyl (C=O) groups is 1. The fourth-order valence-corrected chi connectivity index (χ4v) is 4.54. The van der Waals surface area contributed by atoms with Crippen molar-refractivity contribution in [1.82, 2.24) is 4.90 Å². The first kappa shape index (κ1) is 16.0. The van der Waals surface area contributed by atoms with Gasteiger partial charge in [-0.05, 0) is 37.6 Å². The number of hydrogen-bond donors (Lipinski definition) is 1. The molecule has 1 spiro atoms. The van der Waals surface area contributed by atoms with E-state index in [2.05, 4.69) is 11.4 Å². The van der Waals surface area contributed by atoms with Gasteiger partial charge in [-0.25, -0.2) is 0 Å². The minimum atomic E-state index is -0.257. The molecule has 2 aliphatic rings. The molecule has 1 saturated heterocycles. The lowest BCUT2D eigenvalue weighted by atomic mass is 9.58. The minimum Gasteiger partial charge on any atom is -0.392 e. The van der Waals surface area contributed by atoms with Gasteiger partial charge in [-0.15, -0.1) is 11.3 Å². The van der Waals surface area contributed by atoms with Crippen LogP contribution in [0.25, 0.3) is 0 Å². The normalized spacial score (nSPS) is 26.9. The molecule has 1 aromatic heterocycles. The summed E-state index contributed by atoms with van der Waals surface area (Å²) < 4.78 is 5.77. The zero-order valence-corrected chi connectivity index (χ0v) is 14.0. The van der Waals surface area contributed by atoms with Gasteiger partial charge in [-0.1, -0.05) is 6.07 Å². The van der Waals surface area contributed by atoms with E-state index in [1.165, 1.54) is 4.88 Å². The van der Waals surface area contributed by atoms with E-state index in [0.29, 0.717) is 13.0 Å². The second kappa shape index (κ2) is 6.69. The van der Waals surface area contributed by atoms with Gasteiger partial charge in [0.2, 0.25) is 5.91 Å². The van der Waals surface area contributed by atoms with E-state index in [0.717, 1.165) is 38.8 Å². The van der Waals surface area contributed by atoms with Crippen molar-refractivity contribution in [3.8, 4) is 0 Å². The molecule has 2 fully saturated rings. The van der Waals surface area contributed by atoms with Crippen LogP contribution in [-0.2, 0) is 16.0 Å². The Morgan fingerprint density at radius 1 is 1.50 bits per heavy atom. The molecule has 1 amide bonds. The number of rotatable bonds is 5. The average Bonchev–Trinajstić information content (AvgIpc) is 3.06. The molecular weight excluding hydrogens is 298 g/mol. The molecule has 1 N–H and O–H groups in total. The number of thiophene rings is 1. The van der Waals surface area contributed by atoms with Crippen molar-refractivity contribution in [1.29, 1.82) is 0 Å². The molecule has 1 aliphatic heterocycles. The number of piperidine rings is 1. The Balaban J connectivity index is 1.49. The van der Waals surface area contributed by atoms with Crippen LogP contribution in [0.5, 0.6) is 0 Å². The van der Waals surface area contributed by atoms with E-state index in [1.54, 1.807) is 11.3 Å². The van der Waals surface area contributed by atoms with Gasteiger partial charge in [0.15, 0.2) is 0 Å². The Morgan fingerprint density at radius 3 is 2.86 bits per heavy atom. The number of nitrogens with zero attached hydrogens (tertiary/aromatic N) is 1. The molecule has 3 rings (SSSR count). The van der Waals surface area contributed by atoms with E-state index in [4.69, 9.17) is 4.74 Å². The van der Waals surface area contributed by atoms with Crippen LogP contribution in [0.3, 0.4) is 0 Å². The molecule has 2 atom stereocenters. The van der Waals surface area contributed by atoms with Crippen LogP contribution in [0, 0.1) is 5.41 Å². The van der Waals surface area contributed by atoms with Gasteiger partial charge in [-0.2, -0.15) is 0 Å². The molecule has 1 aliphatic carbocycles. The van der Waals surface area contributed by atoms with Crippen LogP contribution in [0.1, 0.15) is 37.5 Å². The second-order valence-corrected chi connectivity index (χ2v) is 7.42. The first-order valence-corrected chi connectivity index (χ1v) is 9.13. The van der Waals surface area contributed by atoms with Gasteiger partial charge in [0.25, 0.3) is 0 Å². The van der Waals surface area contributed by atoms with E-state index >= 15 is 0 Å². The Kier molecular flexibility index (Phi) is 4.85. The van der Waals surface area contributed by atoms with Crippen molar-refractivity contribution >= 4 is 17.2 Å². The third kappa shape index (κ3) is 2.94. The lowest BCUT2D eigenvalue weighted by Gasteiger charge is -2.56. The summed E-state index contributed by atoms with van der Waals surface area (Å²) in [6.07, 6.45) is 3.82. The number of ether oxygens (including phenoxy) is 1. The molecule has 1 aromatic rings. The molecule has 2 heterocycles. The first-order chi connectivity index (χ1) is 10.7. The maximum atomic E-state index is 12.3. The third-order valence-corrected chi connectivity index (χ3v) is 6.26. The van der Waals surface area contributed by atoms with Gasteiger partial charge >= 0.3 is 0 Å². The van der Waals surface area contributed by atoms with Crippen LogP contribution in [0.15, 0.2) is 17.5 Å². The minimum absolute atomic E-state index is 0.0967. The summed E-state index contributed by atoms with van der Waals surface area (Å²) in [5, 5.41) is 12.2. The van der Waals surface area contributed by atoms with E-state index < -0.39 is 0 Å². The van der Waals surface area contributed by atoms with Crippen LogP contribution < -0.4 is 0 Å². The predicted octanol–water partition coefficient (Wildman–Crippen LogP) is 2.46. The van der Waals surface area contributed by atoms with Crippen LogP contribution in [0.2, 0.25) is 0 Å². The monoisotopic (exact) mass is 323 g/mol. The number of likely N-dealkylation sites (tertiary alicyclic amines) is 1. The summed E-state index contributed by atoms with van der Waals surface area (Å²) in [6.45, 7) is 4.21. The Labute approximate surface area is 136 Å². The molecule has 4 nitrogen and oxygen atoms in total. The number of aliphatic hydroxyl groups is 1. The number of carbonyl (C=O) groups excluding carboxylic acids is 1. The van der Waals surface area contributed by atoms with Crippen LogP contribution in [0.4, 0.5) is 0 Å². The number of aliphatic hydroxyl groups excluding tert-OH is 1. The van der Waals surface area contributed by atoms with Crippen LogP contribution >= 0.6 is 11.3 Å². The molecule has 0 bridgehead atoms. The van der Waals surface area contributed by atoms with E-state index in [1.807, 2.05) is 17.9 Å². The summed E-state index contributed by atoms with van der Waals surface area (Å²) >= 11 is 1.71. The topological polar surface area (TPSA) is 49.8 Å². The zero-order chi connectivity index (χ0) is 15.6. The standard InChI is InChI=1S/C17H25NO3S/c1-2-21-15-12-14(19)17(15)7-9-18(10-8-17)16(20)6-5-13-4-3-11-22-13/h3-4,11,14-15,19H,2,5-10,12H2,1H3/t14-,15-/m0/s1. The van der Waals surface area contributed by atoms with Crippen molar-refractivity contribution in [2.75, 3.05) is 19.7 Å². The molecule has 122 valence electrons. The van der Waals surface area contributed by atoms with E-state index in [-0.39, 0.29) is 23.5 Å². The van der Waals surface area contributed by atoms with Gasteiger partial charge < -0.3 is 14.7 Å². The summed E-state index contributed by atoms with van der Waals surface area (Å²) in [6, 6.07) is 4.11. The van der Waals surface area contributed by atoms with Crippen molar-refractivity contribution in [3.63, 3.8) is 0 Å². The van der Waals surface area contributed by atoms with Crippen molar-refractivity contribution in [2.24, 2.45) is 5.41 Å². The molecule has 22 heavy (non-hydrogen) atoms. The fourth-order valence-electron chi connectivity index (χ4n) is 3.83. The van der Waals surface area contributed by atoms with Crippen molar-refractivity contribution in [3.05, 3.63) is 22.4 Å². The maximum absolute atomic E-state index is 12.3. The largest absolute Gasteiger partial charge is 0.392 e. The summed E-state index contributed by atoms with van der Waals surface area (Å²) in [7, 11) is 0. The summed E-state index contributed by atoms with van der Waals surface area (Å²) in [5.74, 6) is 0.241. The molecule has 0 unspecified atom stereocenters. The number of amides is 1. The summed E-state index contributed by atoms with van der Waals surface area (Å²) in [4.78, 5) is 15.6. The van der Waals surface area contributed by atoms with Crippen molar-refractivity contribution in [2.45, 2.75) is 51.2 Å². The number of hydrogen-bond acceptors (Lipinski definition) is 4. The van der Waals surface area contributed by atoms with Crippen molar-refractivity contribution < 1.29 is 14.6 Å². The average molecular weight is 323 g/mol. The Morgan fingerprint density at radius 2 is 2.27 bits per heavy atom. The predicted molar refractivity (Wildman–Crippen MR) is 86.9 cm³/mol. The Hall–Kier alpha value is -0.910. The second-order valence-electron chi connectivity index (χ2n) is 6.39. The summed E-state index contributed by atoms with van der Waals surface area (Å²) in [5.41, 5.74) is -0.0967. The zero-order valence-electron chi connectivity index (χ0n) is 13.2. The third-order valence-electron chi connectivity index (χ3n) is 5.32. The molecular formula is C17H25NO3S. The quantitative estimate of drug-likeness (QED) is 0.905. The lowest BCUT2D eigenvalue weighted by molar-refractivity contribution is -0.210. The molecule has 5 heteroatoms. The number of aryl methyl sites for hydroxylation is 1. The highest BCUT2D eigenvalue weighted by atomic mass is 32.1. The molecule has 0 aromatic carbocycles. The molecule has 1 saturated carbocycles.